The molecule has 0 spiro atoms. The number of carbonyl (C=O) groups is 2. The Morgan fingerprint density at radius 1 is 1.10 bits per heavy atom. The normalized spacial score (nSPS) is 14.8. The van der Waals surface area contributed by atoms with Gasteiger partial charge in [0.25, 0.3) is 11.6 Å². The lowest BCUT2D eigenvalue weighted by molar-refractivity contribution is -0.385. The second kappa shape index (κ2) is 8.86. The minimum atomic E-state index is -0.537. The number of hydrogen-bond donors (Lipinski definition) is 1. The molecule has 160 valence electrons. The number of nitro benzene ring substituents is 1. The quantitative estimate of drug-likeness (QED) is 0.435. The number of fused-ring (bicyclic) bond motifs is 1. The van der Waals surface area contributed by atoms with Gasteiger partial charge in [0.15, 0.2) is 11.5 Å². The first-order valence-corrected chi connectivity index (χ1v) is 9.93. The molecule has 2 amide bonds. The van der Waals surface area contributed by atoms with Gasteiger partial charge < -0.3 is 19.7 Å². The summed E-state index contributed by atoms with van der Waals surface area (Å²) in [6.07, 6.45) is 4.68. The summed E-state index contributed by atoms with van der Waals surface area (Å²) in [5, 5.41) is 14.0. The van der Waals surface area contributed by atoms with E-state index in [1.807, 2.05) is 4.90 Å². The van der Waals surface area contributed by atoms with E-state index in [1.54, 1.807) is 24.3 Å². The van der Waals surface area contributed by atoms with Crippen LogP contribution in [0.4, 0.5) is 5.69 Å². The molecule has 9 heteroatoms. The molecule has 1 N–H and O–H groups in total. The second-order valence-corrected chi connectivity index (χ2v) is 7.27. The van der Waals surface area contributed by atoms with E-state index in [2.05, 4.69) is 5.32 Å². The number of amides is 2. The van der Waals surface area contributed by atoms with Gasteiger partial charge in [-0.25, -0.2) is 0 Å². The molecule has 2 aromatic carbocycles. The van der Waals surface area contributed by atoms with Crippen LogP contribution >= 0.6 is 0 Å². The van der Waals surface area contributed by atoms with E-state index in [4.69, 9.17) is 9.47 Å². The summed E-state index contributed by atoms with van der Waals surface area (Å²) < 4.78 is 10.4. The highest BCUT2D eigenvalue weighted by Gasteiger charge is 2.22. The molecule has 0 aliphatic carbocycles. The maximum absolute atomic E-state index is 12.4. The van der Waals surface area contributed by atoms with Gasteiger partial charge >= 0.3 is 0 Å². The van der Waals surface area contributed by atoms with Crippen LogP contribution in [0.2, 0.25) is 0 Å². The van der Waals surface area contributed by atoms with Gasteiger partial charge in [-0.05, 0) is 42.7 Å². The zero-order chi connectivity index (χ0) is 21.8. The van der Waals surface area contributed by atoms with Crippen molar-refractivity contribution in [1.82, 2.24) is 10.2 Å². The van der Waals surface area contributed by atoms with E-state index in [0.29, 0.717) is 17.1 Å². The van der Waals surface area contributed by atoms with Crippen LogP contribution < -0.4 is 14.8 Å². The zero-order valence-corrected chi connectivity index (χ0v) is 16.7. The molecule has 1 fully saturated rings. The third-order valence-corrected chi connectivity index (χ3v) is 5.19. The molecule has 31 heavy (non-hydrogen) atoms. The minimum Gasteiger partial charge on any atom is -0.454 e. The van der Waals surface area contributed by atoms with Crippen molar-refractivity contribution >= 4 is 23.6 Å². The monoisotopic (exact) mass is 423 g/mol. The highest BCUT2D eigenvalue weighted by molar-refractivity contribution is 5.94. The van der Waals surface area contributed by atoms with Crippen molar-refractivity contribution < 1.29 is 24.0 Å². The maximum Gasteiger partial charge on any atom is 0.280 e. The number of benzene rings is 2. The Hall–Kier alpha value is -3.88. The molecule has 4 rings (SSSR count). The lowest BCUT2D eigenvalue weighted by atomic mass is 10.1. The molecule has 9 nitrogen and oxygen atoms in total. The number of ether oxygens (including phenoxy) is 2. The summed E-state index contributed by atoms with van der Waals surface area (Å²) in [6.45, 7) is 1.86. The van der Waals surface area contributed by atoms with Crippen LogP contribution in [0.1, 0.15) is 34.3 Å². The standard InChI is InChI=1S/C22H21N3O6/c26-21(8-7-17-11-19-20(31-14-30-19)12-18(17)25(28)29)23-13-15-3-5-16(6-4-15)22(27)24-9-1-2-10-24/h3-8,11-12H,1-2,9-10,13-14H2,(H,23,26). The van der Waals surface area contributed by atoms with Gasteiger partial charge in [-0.3, -0.25) is 19.7 Å². The van der Waals surface area contributed by atoms with Gasteiger partial charge in [0.05, 0.1) is 16.6 Å². The number of nitro groups is 1. The molecule has 2 aliphatic rings. The molecule has 0 radical (unpaired) electrons. The molecule has 0 atom stereocenters. The van der Waals surface area contributed by atoms with Crippen molar-refractivity contribution in [3.63, 3.8) is 0 Å². The first-order valence-electron chi connectivity index (χ1n) is 9.93. The topological polar surface area (TPSA) is 111 Å². The van der Waals surface area contributed by atoms with Crippen LogP contribution in [0, 0.1) is 10.1 Å². The molecule has 1 saturated heterocycles. The number of carbonyl (C=O) groups excluding carboxylic acids is 2. The second-order valence-electron chi connectivity index (χ2n) is 7.27. The third-order valence-electron chi connectivity index (χ3n) is 5.19. The summed E-state index contributed by atoms with van der Waals surface area (Å²) in [7, 11) is 0. The van der Waals surface area contributed by atoms with Gasteiger partial charge in [0.1, 0.15) is 0 Å². The van der Waals surface area contributed by atoms with Crippen molar-refractivity contribution in [2.75, 3.05) is 19.9 Å². The Balaban J connectivity index is 1.36. The SMILES string of the molecule is O=C(C=Cc1cc2c(cc1[N+](=O)[O-])OCO2)NCc1ccc(C(=O)N2CCCC2)cc1. The lowest BCUT2D eigenvalue weighted by Crippen LogP contribution is -2.27. The largest absolute Gasteiger partial charge is 0.454 e. The molecular weight excluding hydrogens is 402 g/mol. The Bertz CT molecular complexity index is 1040. The van der Waals surface area contributed by atoms with E-state index >= 15 is 0 Å². The van der Waals surface area contributed by atoms with Gasteiger partial charge in [0, 0.05) is 31.3 Å². The summed E-state index contributed by atoms with van der Waals surface area (Å²) in [5.41, 5.74) is 1.54. The first-order chi connectivity index (χ1) is 15.0. The van der Waals surface area contributed by atoms with Crippen molar-refractivity contribution in [3.05, 3.63) is 69.3 Å². The van der Waals surface area contributed by atoms with Crippen LogP contribution in [0.3, 0.4) is 0 Å². The van der Waals surface area contributed by atoms with Gasteiger partial charge in [-0.15, -0.1) is 0 Å². The van der Waals surface area contributed by atoms with Crippen LogP contribution in [0.25, 0.3) is 6.08 Å². The molecule has 0 aromatic heterocycles. The average molecular weight is 423 g/mol. The molecular formula is C22H21N3O6. The molecule has 0 unspecified atom stereocenters. The number of hydrogen-bond acceptors (Lipinski definition) is 6. The maximum atomic E-state index is 12.4. The van der Waals surface area contributed by atoms with Gasteiger partial charge in [0.2, 0.25) is 12.7 Å². The van der Waals surface area contributed by atoms with E-state index in [-0.39, 0.29) is 30.5 Å². The fraction of sp³-hybridized carbons (Fsp3) is 0.273. The number of nitrogens with one attached hydrogen (secondary N) is 1. The molecule has 0 saturated carbocycles. The minimum absolute atomic E-state index is 0.00254. The average Bonchev–Trinajstić information content (AvgIpc) is 3.47. The smallest absolute Gasteiger partial charge is 0.280 e. The fourth-order valence-corrected chi connectivity index (χ4v) is 3.52. The predicted octanol–water partition coefficient (Wildman–Crippen LogP) is 2.89. The van der Waals surface area contributed by atoms with Crippen molar-refractivity contribution in [3.8, 4) is 11.5 Å². The van der Waals surface area contributed by atoms with Gasteiger partial charge in [-0.1, -0.05) is 12.1 Å². The molecule has 2 aliphatic heterocycles. The Morgan fingerprint density at radius 3 is 2.45 bits per heavy atom. The van der Waals surface area contributed by atoms with Crippen molar-refractivity contribution in [2.45, 2.75) is 19.4 Å². The van der Waals surface area contributed by atoms with Crippen LogP contribution in [-0.2, 0) is 11.3 Å². The van der Waals surface area contributed by atoms with E-state index < -0.39 is 10.8 Å². The fourth-order valence-electron chi connectivity index (χ4n) is 3.52. The molecule has 0 bridgehead atoms. The third kappa shape index (κ3) is 4.66. The number of likely N-dealkylation sites (tertiary alicyclic amines) is 1. The van der Waals surface area contributed by atoms with Crippen LogP contribution in [-0.4, -0.2) is 41.5 Å². The van der Waals surface area contributed by atoms with E-state index in [1.165, 1.54) is 24.3 Å². The Labute approximate surface area is 178 Å². The summed E-state index contributed by atoms with van der Waals surface area (Å²) >= 11 is 0. The first kappa shape index (κ1) is 20.4. The summed E-state index contributed by atoms with van der Waals surface area (Å²) in [5.74, 6) is 0.333. The summed E-state index contributed by atoms with van der Waals surface area (Å²) in [4.78, 5) is 37.1. The predicted molar refractivity (Wildman–Crippen MR) is 112 cm³/mol. The van der Waals surface area contributed by atoms with Crippen LogP contribution in [0.15, 0.2) is 42.5 Å². The van der Waals surface area contributed by atoms with Crippen LogP contribution in [0.5, 0.6) is 11.5 Å². The van der Waals surface area contributed by atoms with Gasteiger partial charge in [-0.2, -0.15) is 0 Å². The van der Waals surface area contributed by atoms with E-state index in [0.717, 1.165) is 31.5 Å². The van der Waals surface area contributed by atoms with Crippen molar-refractivity contribution in [1.29, 1.82) is 0 Å². The molecule has 2 aromatic rings. The molecule has 2 heterocycles. The summed E-state index contributed by atoms with van der Waals surface area (Å²) in [6, 6.07) is 9.87. The highest BCUT2D eigenvalue weighted by atomic mass is 16.7. The number of nitrogens with zero attached hydrogens (tertiary/aromatic N) is 2. The Kier molecular flexibility index (Phi) is 5.83. The highest BCUT2D eigenvalue weighted by Crippen LogP contribution is 2.38. The zero-order valence-electron chi connectivity index (χ0n) is 16.7. The number of rotatable bonds is 6. The van der Waals surface area contributed by atoms with E-state index in [9.17, 15) is 19.7 Å². The van der Waals surface area contributed by atoms with Crippen molar-refractivity contribution in [2.24, 2.45) is 0 Å². The lowest BCUT2D eigenvalue weighted by Gasteiger charge is -2.15. The Morgan fingerprint density at radius 2 is 1.77 bits per heavy atom.